The Morgan fingerprint density at radius 1 is 0.278 bits per heavy atom. The second-order valence-electron chi connectivity index (χ2n) is 11.7. The number of nitrogens with zero attached hydrogens (tertiary/aromatic N) is 2. The van der Waals surface area contributed by atoms with Gasteiger partial charge in [0.1, 0.15) is 0 Å². The van der Waals surface area contributed by atoms with Gasteiger partial charge in [-0.2, -0.15) is 0 Å². The molecule has 0 aliphatic heterocycles. The molecule has 8 aromatic rings. The molecule has 1 N–H and O–H groups in total. The second-order valence-corrected chi connectivity index (χ2v) is 16.1. The maximum atomic E-state index is 4.02. The summed E-state index contributed by atoms with van der Waals surface area (Å²) < 4.78 is 0. The van der Waals surface area contributed by atoms with E-state index in [-0.39, 0.29) is 19.5 Å². The fourth-order valence-electron chi connectivity index (χ4n) is 5.50. The maximum absolute atomic E-state index is 4.02. The number of rotatable bonds is 9. The zero-order valence-corrected chi connectivity index (χ0v) is 33.1. The van der Waals surface area contributed by atoms with Crippen LogP contribution in [0.4, 0.5) is 11.4 Å². The summed E-state index contributed by atoms with van der Waals surface area (Å²) in [5, 5.41) is 16.3. The Labute approximate surface area is 335 Å². The molecule has 0 heterocycles. The largest absolute Gasteiger partial charge is 0.260 e. The topological polar surface area (TPSA) is 36.8 Å². The normalized spacial score (nSPS) is 10.3. The van der Waals surface area contributed by atoms with Gasteiger partial charge in [0.05, 0.1) is 11.4 Å². The Morgan fingerprint density at radius 2 is 0.500 bits per heavy atom. The third-order valence-corrected chi connectivity index (χ3v) is 12.8. The van der Waals surface area contributed by atoms with E-state index >= 15 is 0 Å². The van der Waals surface area contributed by atoms with Crippen LogP contribution in [0.25, 0.3) is 0 Å². The standard InChI is InChI=1S/2C18H15P.C12H11N3.Rh/c2*1-4-10-16(11-5-1)19(17-12-6-2-7-13-17)18-14-8-3-9-15-18;1-3-7-11(8-4-1)13-15-14-12-9-5-2-6-10-12;/h2*1-15H;1-10H,(H,13,14);. The Bertz CT molecular complexity index is 1870. The molecule has 0 atom stereocenters. The van der Waals surface area contributed by atoms with E-state index in [1.807, 2.05) is 60.7 Å². The molecule has 0 aliphatic carbocycles. The molecule has 0 aliphatic rings. The molecule has 0 saturated heterocycles. The predicted molar refractivity (Wildman–Crippen MR) is 231 cm³/mol. The van der Waals surface area contributed by atoms with Crippen LogP contribution < -0.4 is 37.3 Å². The number of hydrogen-bond donors (Lipinski definition) is 1. The van der Waals surface area contributed by atoms with Crippen LogP contribution in [-0.4, -0.2) is 0 Å². The van der Waals surface area contributed by atoms with Gasteiger partial charge in [0.15, 0.2) is 0 Å². The van der Waals surface area contributed by atoms with Crippen molar-refractivity contribution in [1.82, 2.24) is 0 Å². The molecule has 3 nitrogen and oxygen atoms in total. The smallest absolute Gasteiger partial charge is 0.0874 e. The van der Waals surface area contributed by atoms with Crippen molar-refractivity contribution >= 4 is 59.0 Å². The van der Waals surface area contributed by atoms with E-state index < -0.39 is 15.8 Å². The van der Waals surface area contributed by atoms with Gasteiger partial charge in [-0.15, -0.1) is 5.11 Å². The van der Waals surface area contributed by atoms with Gasteiger partial charge < -0.3 is 0 Å². The molecule has 0 aromatic heterocycles. The Morgan fingerprint density at radius 3 is 0.759 bits per heavy atom. The molecule has 54 heavy (non-hydrogen) atoms. The van der Waals surface area contributed by atoms with Gasteiger partial charge in [-0.05, 0) is 71.9 Å². The molecule has 0 saturated carbocycles. The molecule has 8 rings (SSSR count). The fraction of sp³-hybridized carbons (Fsp3) is 0. The van der Waals surface area contributed by atoms with E-state index in [4.69, 9.17) is 0 Å². The van der Waals surface area contributed by atoms with E-state index in [2.05, 4.69) is 198 Å². The minimum Gasteiger partial charge on any atom is -0.260 e. The summed E-state index contributed by atoms with van der Waals surface area (Å²) in [6, 6.07) is 84.0. The minimum atomic E-state index is -0.446. The van der Waals surface area contributed by atoms with Crippen LogP contribution in [0.1, 0.15) is 0 Å². The zero-order chi connectivity index (χ0) is 36.2. The van der Waals surface area contributed by atoms with Crippen LogP contribution in [0, 0.1) is 0 Å². The average molecular weight is 825 g/mol. The van der Waals surface area contributed by atoms with Gasteiger partial charge in [-0.3, -0.25) is 5.43 Å². The van der Waals surface area contributed by atoms with Crippen molar-refractivity contribution in [2.24, 2.45) is 10.3 Å². The molecule has 0 spiro atoms. The van der Waals surface area contributed by atoms with Gasteiger partial charge >= 0.3 is 0 Å². The van der Waals surface area contributed by atoms with Crippen molar-refractivity contribution in [1.29, 1.82) is 0 Å². The maximum Gasteiger partial charge on any atom is 0.0874 e. The van der Waals surface area contributed by atoms with E-state index in [0.29, 0.717) is 0 Å². The summed E-state index contributed by atoms with van der Waals surface area (Å²) in [5.41, 5.74) is 4.61. The third kappa shape index (κ3) is 12.4. The molecule has 6 heteroatoms. The van der Waals surface area contributed by atoms with Crippen LogP contribution in [0.3, 0.4) is 0 Å². The van der Waals surface area contributed by atoms with Crippen LogP contribution in [0.2, 0.25) is 0 Å². The van der Waals surface area contributed by atoms with Crippen molar-refractivity contribution in [2.45, 2.75) is 0 Å². The molecular formula is C48H41N3P2Rh. The molecule has 267 valence electrons. The number of benzene rings is 8. The van der Waals surface area contributed by atoms with E-state index in [1.165, 1.54) is 31.8 Å². The zero-order valence-electron chi connectivity index (χ0n) is 29.7. The van der Waals surface area contributed by atoms with Gasteiger partial charge in [0.2, 0.25) is 0 Å². The first-order chi connectivity index (χ1) is 26.3. The van der Waals surface area contributed by atoms with Crippen molar-refractivity contribution in [3.05, 3.63) is 243 Å². The molecule has 0 amide bonds. The van der Waals surface area contributed by atoms with Gasteiger partial charge in [0, 0.05) is 19.5 Å². The summed E-state index contributed by atoms with van der Waals surface area (Å²) in [4.78, 5) is 0. The predicted octanol–water partition coefficient (Wildman–Crippen LogP) is 10.7. The number of anilines is 1. The Hall–Kier alpha value is -5.36. The van der Waals surface area contributed by atoms with Gasteiger partial charge in [-0.1, -0.05) is 224 Å². The molecular weight excluding hydrogens is 783 g/mol. The molecule has 1 radical (unpaired) electrons. The summed E-state index contributed by atoms with van der Waals surface area (Å²) in [7, 11) is -0.892. The molecule has 0 unspecified atom stereocenters. The van der Waals surface area contributed by atoms with E-state index in [9.17, 15) is 0 Å². The minimum absolute atomic E-state index is 0. The van der Waals surface area contributed by atoms with Crippen LogP contribution in [0.5, 0.6) is 0 Å². The van der Waals surface area contributed by atoms with Crippen molar-refractivity contribution in [3.8, 4) is 0 Å². The molecule has 0 bridgehead atoms. The SMILES string of the molecule is [Rh].c1ccc(N=NNc2ccccc2)cc1.c1ccc(P(c2ccccc2)c2ccccc2)cc1.c1ccc(P(c2ccccc2)c2ccccc2)cc1. The van der Waals surface area contributed by atoms with Crippen molar-refractivity contribution < 1.29 is 19.5 Å². The quantitative estimate of drug-likeness (QED) is 0.0669. The summed E-state index contributed by atoms with van der Waals surface area (Å²) >= 11 is 0. The second kappa shape index (κ2) is 22.7. The number of hydrogen-bond acceptors (Lipinski definition) is 2. The van der Waals surface area contributed by atoms with E-state index in [0.717, 1.165) is 11.4 Å². The molecule has 0 fully saturated rings. The van der Waals surface area contributed by atoms with Gasteiger partial charge in [0.25, 0.3) is 0 Å². The van der Waals surface area contributed by atoms with E-state index in [1.54, 1.807) is 0 Å². The number of para-hydroxylation sites is 1. The van der Waals surface area contributed by atoms with Crippen LogP contribution >= 0.6 is 15.8 Å². The Kier molecular flexibility index (Phi) is 16.7. The Balaban J connectivity index is 0.000000156. The first kappa shape index (κ1) is 39.8. The van der Waals surface area contributed by atoms with Gasteiger partial charge in [-0.25, -0.2) is 0 Å². The summed E-state index contributed by atoms with van der Waals surface area (Å²) in [6.07, 6.45) is 0. The van der Waals surface area contributed by atoms with Crippen molar-refractivity contribution in [2.75, 3.05) is 5.43 Å². The molecule has 8 aromatic carbocycles. The fourth-order valence-corrected chi connectivity index (χ4v) is 10.1. The van der Waals surface area contributed by atoms with Crippen LogP contribution in [0.15, 0.2) is 253 Å². The first-order valence-corrected chi connectivity index (χ1v) is 20.2. The first-order valence-electron chi connectivity index (χ1n) is 17.5. The van der Waals surface area contributed by atoms with Crippen molar-refractivity contribution in [3.63, 3.8) is 0 Å². The third-order valence-electron chi connectivity index (χ3n) is 7.96. The summed E-state index contributed by atoms with van der Waals surface area (Å²) in [6.45, 7) is 0. The van der Waals surface area contributed by atoms with Crippen LogP contribution in [-0.2, 0) is 19.5 Å². The monoisotopic (exact) mass is 824 g/mol. The average Bonchev–Trinajstić information content (AvgIpc) is 3.25. The number of nitrogens with one attached hydrogen (secondary N) is 1. The summed E-state index contributed by atoms with van der Waals surface area (Å²) in [5.74, 6) is 0.